The molecule has 1 amide bonds. The van der Waals surface area contributed by atoms with Gasteiger partial charge in [0.05, 0.1) is 33.8 Å². The molecule has 0 aliphatic heterocycles. The lowest BCUT2D eigenvalue weighted by Gasteiger charge is -2.27. The first kappa shape index (κ1) is 61.5. The second-order valence-electron chi connectivity index (χ2n) is 18.4. The van der Waals surface area contributed by atoms with Crippen LogP contribution in [0.5, 0.6) is 0 Å². The molecule has 0 bridgehead atoms. The fraction of sp³-hybridized carbons (Fsp3) is 0.741. The Kier molecular flexibility index (Phi) is 42.5. The van der Waals surface area contributed by atoms with Crippen molar-refractivity contribution in [1.29, 1.82) is 0 Å². The van der Waals surface area contributed by atoms with Gasteiger partial charge in [-0.25, -0.2) is 4.57 Å². The van der Waals surface area contributed by atoms with E-state index in [1.54, 1.807) is 0 Å². The number of phosphoric ester groups is 1. The molecular weight excluding hydrogens is 820 g/mol. The van der Waals surface area contributed by atoms with E-state index in [4.69, 9.17) is 13.8 Å². The molecule has 0 aliphatic rings. The molecular formula is C54H98N2O7P+. The Morgan fingerprint density at radius 3 is 1.64 bits per heavy atom. The van der Waals surface area contributed by atoms with Crippen molar-refractivity contribution in [1.82, 2.24) is 5.32 Å². The van der Waals surface area contributed by atoms with Crippen molar-refractivity contribution >= 4 is 19.7 Å². The Hall–Kier alpha value is -2.55. The van der Waals surface area contributed by atoms with Gasteiger partial charge in [-0.05, 0) is 70.3 Å². The van der Waals surface area contributed by atoms with Gasteiger partial charge in [-0.3, -0.25) is 18.6 Å². The average molecular weight is 918 g/mol. The van der Waals surface area contributed by atoms with Crippen LogP contribution in [-0.2, 0) is 27.9 Å². The molecule has 0 aliphatic carbocycles. The van der Waals surface area contributed by atoms with Crippen LogP contribution >= 0.6 is 7.82 Å². The van der Waals surface area contributed by atoms with E-state index in [-0.39, 0.29) is 25.5 Å². The van der Waals surface area contributed by atoms with E-state index in [1.165, 1.54) is 89.9 Å². The van der Waals surface area contributed by atoms with Gasteiger partial charge in [-0.2, -0.15) is 0 Å². The fourth-order valence-corrected chi connectivity index (χ4v) is 7.67. The maximum absolute atomic E-state index is 13.4. The van der Waals surface area contributed by atoms with Crippen LogP contribution in [0.15, 0.2) is 72.9 Å². The molecule has 0 heterocycles. The summed E-state index contributed by atoms with van der Waals surface area (Å²) in [6, 6.07) is -0.881. The van der Waals surface area contributed by atoms with Crippen LogP contribution in [0.1, 0.15) is 207 Å². The van der Waals surface area contributed by atoms with Crippen LogP contribution in [0.4, 0.5) is 0 Å². The minimum atomic E-state index is -4.46. The number of quaternary nitrogens is 1. The van der Waals surface area contributed by atoms with Crippen LogP contribution in [0.2, 0.25) is 0 Å². The minimum absolute atomic E-state index is 0.0257. The third-order valence-electron chi connectivity index (χ3n) is 11.0. The zero-order valence-corrected chi connectivity index (χ0v) is 42.9. The molecule has 0 aromatic rings. The Bertz CT molecular complexity index is 1330. The molecule has 0 aromatic heterocycles. The molecule has 0 saturated carbocycles. The lowest BCUT2D eigenvalue weighted by Crippen LogP contribution is -2.47. The first-order valence-corrected chi connectivity index (χ1v) is 27.3. The summed E-state index contributed by atoms with van der Waals surface area (Å²) in [4.78, 5) is 37.3. The molecule has 2 N–H and O–H groups in total. The van der Waals surface area contributed by atoms with Gasteiger partial charge in [0, 0.05) is 12.8 Å². The van der Waals surface area contributed by atoms with Crippen molar-refractivity contribution < 1.29 is 37.3 Å². The summed E-state index contributed by atoms with van der Waals surface area (Å²) in [5.41, 5.74) is 0. The highest BCUT2D eigenvalue weighted by atomic mass is 31.2. The lowest BCUT2D eigenvalue weighted by atomic mass is 10.1. The molecule has 64 heavy (non-hydrogen) atoms. The Morgan fingerprint density at radius 2 is 1.08 bits per heavy atom. The number of unbranched alkanes of at least 4 members (excludes halogenated alkanes) is 21. The number of likely N-dealkylation sites (N-methyl/N-ethyl adjacent to an activating group) is 1. The first-order valence-electron chi connectivity index (χ1n) is 25.8. The molecule has 3 atom stereocenters. The maximum Gasteiger partial charge on any atom is 0.472 e. The van der Waals surface area contributed by atoms with Gasteiger partial charge >= 0.3 is 13.8 Å². The third-order valence-corrected chi connectivity index (χ3v) is 11.9. The van der Waals surface area contributed by atoms with E-state index in [9.17, 15) is 19.0 Å². The molecule has 0 radical (unpaired) electrons. The molecule has 0 saturated heterocycles. The number of esters is 1. The lowest BCUT2D eigenvalue weighted by molar-refractivity contribution is -0.870. The highest BCUT2D eigenvalue weighted by Gasteiger charge is 2.30. The van der Waals surface area contributed by atoms with Crippen molar-refractivity contribution in [3.8, 4) is 0 Å². The number of allylic oxidation sites excluding steroid dienone is 11. The van der Waals surface area contributed by atoms with E-state index >= 15 is 0 Å². The third kappa shape index (κ3) is 44.6. The SMILES string of the molecule is CC/C=C/C=C/C=C\CCCCCCCC(=O)NC(COP(=O)(O)OCC[N+](C)(C)C)C(/C=C/CCCCCCCCCCCC)OC(=O)CC/C=C/C/C=C\CCCCCCCC. The van der Waals surface area contributed by atoms with Gasteiger partial charge in [-0.1, -0.05) is 197 Å². The molecule has 9 nitrogen and oxygen atoms in total. The summed E-state index contributed by atoms with van der Waals surface area (Å²) in [5, 5.41) is 3.00. The second kappa shape index (κ2) is 44.3. The summed E-state index contributed by atoms with van der Waals surface area (Å²) in [7, 11) is 1.44. The van der Waals surface area contributed by atoms with Gasteiger partial charge in [0.15, 0.2) is 0 Å². The molecule has 0 spiro atoms. The van der Waals surface area contributed by atoms with Crippen LogP contribution in [0.3, 0.4) is 0 Å². The number of phosphoric acid groups is 1. The average Bonchev–Trinajstić information content (AvgIpc) is 3.25. The normalized spacial score (nSPS) is 14.5. The molecule has 370 valence electrons. The predicted molar refractivity (Wildman–Crippen MR) is 272 cm³/mol. The molecule has 0 rings (SSSR count). The fourth-order valence-electron chi connectivity index (χ4n) is 6.93. The number of carbonyl (C=O) groups is 2. The smallest absolute Gasteiger partial charge is 0.456 e. The summed E-state index contributed by atoms with van der Waals surface area (Å²) in [6.07, 6.45) is 54.8. The Morgan fingerprint density at radius 1 is 0.578 bits per heavy atom. The van der Waals surface area contributed by atoms with E-state index in [2.05, 4.69) is 74.7 Å². The summed E-state index contributed by atoms with van der Waals surface area (Å²) >= 11 is 0. The number of carbonyl (C=O) groups excluding carboxylic acids is 2. The van der Waals surface area contributed by atoms with Crippen LogP contribution in [-0.4, -0.2) is 74.3 Å². The summed E-state index contributed by atoms with van der Waals surface area (Å²) < 4.78 is 30.4. The number of hydrogen-bond donors (Lipinski definition) is 2. The minimum Gasteiger partial charge on any atom is -0.456 e. The van der Waals surface area contributed by atoms with Crippen LogP contribution < -0.4 is 5.32 Å². The van der Waals surface area contributed by atoms with E-state index in [1.807, 2.05) is 45.4 Å². The molecule has 10 heteroatoms. The van der Waals surface area contributed by atoms with Gasteiger partial charge in [0.25, 0.3) is 0 Å². The largest absolute Gasteiger partial charge is 0.472 e. The number of ether oxygens (including phenoxy) is 1. The monoisotopic (exact) mass is 918 g/mol. The number of nitrogens with one attached hydrogen (secondary N) is 1. The highest BCUT2D eigenvalue weighted by molar-refractivity contribution is 7.47. The number of hydrogen-bond acceptors (Lipinski definition) is 6. The second-order valence-corrected chi connectivity index (χ2v) is 19.8. The van der Waals surface area contributed by atoms with Crippen molar-refractivity contribution in [2.75, 3.05) is 40.9 Å². The molecule has 0 fully saturated rings. The van der Waals surface area contributed by atoms with Crippen molar-refractivity contribution in [2.24, 2.45) is 0 Å². The van der Waals surface area contributed by atoms with Crippen molar-refractivity contribution in [3.05, 3.63) is 72.9 Å². The Balaban J connectivity index is 5.56. The standard InChI is InChI=1S/C54H97N2O7P/c1-7-10-13-16-19-22-25-28-31-34-37-40-43-46-53(57)55-51(50-62-64(59,60)61-49-48-56(4,5)6)52(45-42-39-36-33-30-27-24-21-18-15-12-9-3)63-54(58)47-44-41-38-35-32-29-26-23-20-17-14-11-8-2/h10,13,16,19,22,25,29,32,38,41-42,45,51-52H,7-9,11-12,14-15,17-18,20-21,23-24,26-28,30-31,33-37,39-40,43-44,46-50H2,1-6H3,(H-,55,57,59,60)/p+1/b13-10+,19-16+,25-22-,32-29-,41-38+,45-42+. The van der Waals surface area contributed by atoms with Gasteiger partial charge < -0.3 is 19.4 Å². The van der Waals surface area contributed by atoms with Gasteiger partial charge in [0.2, 0.25) is 5.91 Å². The summed E-state index contributed by atoms with van der Waals surface area (Å²) in [6.45, 7) is 6.79. The van der Waals surface area contributed by atoms with E-state index in [0.29, 0.717) is 30.3 Å². The first-order chi connectivity index (χ1) is 30.9. The van der Waals surface area contributed by atoms with Gasteiger partial charge in [0.1, 0.15) is 19.3 Å². The molecule has 0 aromatic carbocycles. The van der Waals surface area contributed by atoms with Crippen LogP contribution in [0.25, 0.3) is 0 Å². The quantitative estimate of drug-likeness (QED) is 0.0156. The summed E-state index contributed by atoms with van der Waals surface area (Å²) in [5.74, 6) is -0.613. The van der Waals surface area contributed by atoms with Crippen molar-refractivity contribution in [3.63, 3.8) is 0 Å². The molecule has 3 unspecified atom stereocenters. The zero-order valence-electron chi connectivity index (χ0n) is 42.0. The predicted octanol–water partition coefficient (Wildman–Crippen LogP) is 14.9. The van der Waals surface area contributed by atoms with E-state index < -0.39 is 25.9 Å². The Labute approximate surface area is 393 Å². The highest BCUT2D eigenvalue weighted by Crippen LogP contribution is 2.43. The maximum atomic E-state index is 13.4. The number of amides is 1. The topological polar surface area (TPSA) is 111 Å². The van der Waals surface area contributed by atoms with Crippen LogP contribution in [0, 0.1) is 0 Å². The zero-order chi connectivity index (χ0) is 47.3. The van der Waals surface area contributed by atoms with Crippen molar-refractivity contribution in [2.45, 2.75) is 219 Å². The van der Waals surface area contributed by atoms with E-state index in [0.717, 1.165) is 70.6 Å². The van der Waals surface area contributed by atoms with Gasteiger partial charge in [-0.15, -0.1) is 0 Å². The number of rotatable bonds is 45. The number of nitrogens with zero attached hydrogens (tertiary/aromatic N) is 1.